The fourth-order valence-electron chi connectivity index (χ4n) is 1.71. The molecule has 1 unspecified atom stereocenters. The average Bonchev–Trinajstić information content (AvgIpc) is 2.29. The lowest BCUT2D eigenvalue weighted by molar-refractivity contribution is -0.119. The van der Waals surface area contributed by atoms with Gasteiger partial charge in [-0.2, -0.15) is 0 Å². The van der Waals surface area contributed by atoms with Crippen LogP contribution in [0.25, 0.3) is 0 Å². The lowest BCUT2D eigenvalue weighted by Gasteiger charge is -2.14. The summed E-state index contributed by atoms with van der Waals surface area (Å²) < 4.78 is 22.8. The Hall–Kier alpha value is -1.40. The highest BCUT2D eigenvalue weighted by Gasteiger charge is 2.21. The van der Waals surface area contributed by atoms with Crippen molar-refractivity contribution in [2.75, 3.05) is 6.26 Å². The first kappa shape index (κ1) is 15.7. The van der Waals surface area contributed by atoms with Crippen molar-refractivity contribution in [2.24, 2.45) is 5.73 Å². The van der Waals surface area contributed by atoms with Crippen molar-refractivity contribution in [3.05, 3.63) is 28.8 Å². The molecule has 0 saturated carbocycles. The van der Waals surface area contributed by atoms with Crippen molar-refractivity contribution in [3.8, 4) is 0 Å². The van der Waals surface area contributed by atoms with Crippen molar-refractivity contribution in [1.82, 2.24) is 0 Å². The number of carbonyl (C=O) groups excluding carboxylic acids is 2. The number of hydrogen-bond acceptors (Lipinski definition) is 4. The van der Waals surface area contributed by atoms with Crippen molar-refractivity contribution in [3.63, 3.8) is 0 Å². The molecule has 0 aliphatic rings. The van der Waals surface area contributed by atoms with Crippen LogP contribution >= 0.6 is 11.6 Å². The molecule has 0 fully saturated rings. The fourth-order valence-corrected chi connectivity index (χ4v) is 2.73. The number of hydrogen-bond donors (Lipinski definition) is 1. The van der Waals surface area contributed by atoms with Gasteiger partial charge in [-0.3, -0.25) is 4.79 Å². The van der Waals surface area contributed by atoms with Crippen molar-refractivity contribution in [1.29, 1.82) is 0 Å². The van der Waals surface area contributed by atoms with Crippen LogP contribution in [-0.2, 0) is 19.4 Å². The van der Waals surface area contributed by atoms with Gasteiger partial charge in [0, 0.05) is 17.7 Å². The van der Waals surface area contributed by atoms with Gasteiger partial charge in [-0.25, -0.2) is 8.42 Å². The molecule has 0 bridgehead atoms. The van der Waals surface area contributed by atoms with E-state index in [-0.39, 0.29) is 22.8 Å². The van der Waals surface area contributed by atoms with Crippen molar-refractivity contribution in [2.45, 2.75) is 23.7 Å². The first-order valence-electron chi connectivity index (χ1n) is 5.50. The molecule has 19 heavy (non-hydrogen) atoms. The topological polar surface area (TPSA) is 94.3 Å². The number of sulfone groups is 1. The first-order valence-corrected chi connectivity index (χ1v) is 7.76. The highest BCUT2D eigenvalue weighted by atomic mass is 35.5. The third kappa shape index (κ3) is 4.04. The van der Waals surface area contributed by atoms with Crippen LogP contribution in [0, 0.1) is 0 Å². The van der Waals surface area contributed by atoms with Crippen LogP contribution in [0.4, 0.5) is 0 Å². The molecule has 0 aliphatic heterocycles. The maximum atomic E-state index is 11.4. The molecule has 0 radical (unpaired) electrons. The molecular weight excluding hydrogens is 290 g/mol. The van der Waals surface area contributed by atoms with Gasteiger partial charge in [-0.15, -0.1) is 0 Å². The van der Waals surface area contributed by atoms with Crippen LogP contribution in [0.5, 0.6) is 0 Å². The first-order chi connectivity index (χ1) is 8.77. The van der Waals surface area contributed by atoms with Gasteiger partial charge in [0.1, 0.15) is 6.29 Å². The summed E-state index contributed by atoms with van der Waals surface area (Å²) in [6, 6.07) is 4.11. The number of primary amides is 1. The molecule has 5 nitrogen and oxygen atoms in total. The molecule has 0 aromatic heterocycles. The molecule has 1 atom stereocenters. The van der Waals surface area contributed by atoms with E-state index in [0.717, 1.165) is 6.26 Å². The molecule has 0 saturated heterocycles. The molecule has 1 rings (SSSR count). The van der Waals surface area contributed by atoms with E-state index in [1.165, 1.54) is 18.2 Å². The van der Waals surface area contributed by atoms with Crippen molar-refractivity contribution < 1.29 is 18.0 Å². The van der Waals surface area contributed by atoms with Gasteiger partial charge in [0.15, 0.2) is 9.84 Å². The third-order valence-corrected chi connectivity index (χ3v) is 4.13. The number of carbonyl (C=O) groups is 2. The molecule has 1 aromatic carbocycles. The summed E-state index contributed by atoms with van der Waals surface area (Å²) in [7, 11) is -3.36. The lowest BCUT2D eigenvalue weighted by Crippen LogP contribution is -2.22. The van der Waals surface area contributed by atoms with E-state index in [1.54, 1.807) is 0 Å². The zero-order chi connectivity index (χ0) is 14.6. The van der Waals surface area contributed by atoms with Gasteiger partial charge in [0.25, 0.3) is 0 Å². The Balaban J connectivity index is 3.19. The van der Waals surface area contributed by atoms with Crippen LogP contribution in [-0.4, -0.2) is 26.9 Å². The zero-order valence-electron chi connectivity index (χ0n) is 10.3. The Kier molecular flexibility index (Phi) is 5.08. The summed E-state index contributed by atoms with van der Waals surface area (Å²) in [5, 5.41) is 0.151. The van der Waals surface area contributed by atoms with E-state index in [1.807, 2.05) is 0 Å². The summed E-state index contributed by atoms with van der Waals surface area (Å²) in [6.45, 7) is 0. The summed E-state index contributed by atoms with van der Waals surface area (Å²) >= 11 is 5.99. The van der Waals surface area contributed by atoms with E-state index < -0.39 is 21.7 Å². The second-order valence-corrected chi connectivity index (χ2v) is 6.58. The Morgan fingerprint density at radius 3 is 2.53 bits per heavy atom. The highest BCUT2D eigenvalue weighted by molar-refractivity contribution is 7.90. The van der Waals surface area contributed by atoms with Crippen LogP contribution in [0.3, 0.4) is 0 Å². The molecule has 104 valence electrons. The third-order valence-electron chi connectivity index (χ3n) is 2.69. The Morgan fingerprint density at radius 1 is 1.47 bits per heavy atom. The van der Waals surface area contributed by atoms with Gasteiger partial charge in [0.2, 0.25) is 5.91 Å². The minimum atomic E-state index is -3.36. The highest BCUT2D eigenvalue weighted by Crippen LogP contribution is 2.29. The van der Waals surface area contributed by atoms with Crippen LogP contribution in [0.2, 0.25) is 5.02 Å². The second kappa shape index (κ2) is 6.16. The Bertz CT molecular complexity index is 598. The number of halogens is 1. The number of amides is 1. The maximum absolute atomic E-state index is 11.4. The molecule has 0 aliphatic carbocycles. The van der Waals surface area contributed by atoms with E-state index >= 15 is 0 Å². The molecule has 7 heteroatoms. The smallest absolute Gasteiger partial charge is 0.225 e. The zero-order valence-corrected chi connectivity index (χ0v) is 11.9. The van der Waals surface area contributed by atoms with E-state index in [2.05, 4.69) is 0 Å². The summed E-state index contributed by atoms with van der Waals surface area (Å²) in [6.07, 6.45) is 2.18. The number of aldehydes is 1. The quantitative estimate of drug-likeness (QED) is 0.801. The molecule has 0 heterocycles. The molecule has 1 aromatic rings. The van der Waals surface area contributed by atoms with Crippen LogP contribution in [0.1, 0.15) is 24.3 Å². The molecule has 0 spiro atoms. The molecule has 1 amide bonds. The normalized spacial score (nSPS) is 12.9. The number of benzene rings is 1. The number of nitrogens with two attached hydrogens (primary N) is 1. The summed E-state index contributed by atoms with van der Waals surface area (Å²) in [5.74, 6) is -1.30. The van der Waals surface area contributed by atoms with Crippen LogP contribution in [0.15, 0.2) is 23.1 Å². The molecule has 2 N–H and O–H groups in total. The minimum absolute atomic E-state index is 0.0693. The van der Waals surface area contributed by atoms with Crippen LogP contribution < -0.4 is 5.73 Å². The minimum Gasteiger partial charge on any atom is -0.369 e. The predicted molar refractivity (Wildman–Crippen MR) is 71.8 cm³/mol. The van der Waals surface area contributed by atoms with Crippen molar-refractivity contribution >= 4 is 33.6 Å². The van der Waals surface area contributed by atoms with Gasteiger partial charge in [-0.1, -0.05) is 17.7 Å². The van der Waals surface area contributed by atoms with E-state index in [9.17, 15) is 18.0 Å². The molecular formula is C12H14ClNO4S. The lowest BCUT2D eigenvalue weighted by atomic mass is 9.94. The SMILES string of the molecule is CS(=O)(=O)c1ccc(C(CCC=O)C(N)=O)c(Cl)c1. The number of rotatable bonds is 6. The predicted octanol–water partition coefficient (Wildman–Crippen LogP) is 1.29. The monoisotopic (exact) mass is 303 g/mol. The Morgan fingerprint density at radius 2 is 2.11 bits per heavy atom. The Labute approximate surface area is 116 Å². The van der Waals surface area contributed by atoms with Gasteiger partial charge in [0.05, 0.1) is 10.8 Å². The largest absolute Gasteiger partial charge is 0.369 e. The van der Waals surface area contributed by atoms with E-state index in [0.29, 0.717) is 11.8 Å². The standard InChI is InChI=1S/C12H14ClNO4S/c1-19(17,18)8-4-5-9(11(13)7-8)10(12(14)16)3-2-6-15/h4-7,10H,2-3H2,1H3,(H2,14,16). The summed E-state index contributed by atoms with van der Waals surface area (Å²) in [5.41, 5.74) is 5.70. The van der Waals surface area contributed by atoms with Gasteiger partial charge < -0.3 is 10.5 Å². The fraction of sp³-hybridized carbons (Fsp3) is 0.333. The maximum Gasteiger partial charge on any atom is 0.225 e. The average molecular weight is 304 g/mol. The summed E-state index contributed by atoms with van der Waals surface area (Å²) in [4.78, 5) is 21.8. The van der Waals surface area contributed by atoms with Gasteiger partial charge in [-0.05, 0) is 24.1 Å². The van der Waals surface area contributed by atoms with E-state index in [4.69, 9.17) is 17.3 Å². The van der Waals surface area contributed by atoms with Gasteiger partial charge >= 0.3 is 0 Å². The second-order valence-electron chi connectivity index (χ2n) is 4.15.